The van der Waals surface area contributed by atoms with Crippen molar-refractivity contribution in [3.63, 3.8) is 0 Å². The van der Waals surface area contributed by atoms with E-state index in [1.54, 1.807) is 0 Å². The van der Waals surface area contributed by atoms with E-state index < -0.39 is 5.60 Å². The number of hydrogen-bond donors (Lipinski definition) is 0. The van der Waals surface area contributed by atoms with Crippen molar-refractivity contribution in [1.29, 1.82) is 0 Å². The summed E-state index contributed by atoms with van der Waals surface area (Å²) in [6.07, 6.45) is 6.50. The Balaban J connectivity index is 1.78. The molecule has 0 N–H and O–H groups in total. The van der Waals surface area contributed by atoms with E-state index in [1.165, 1.54) is 24.0 Å². The van der Waals surface area contributed by atoms with E-state index in [0.717, 1.165) is 25.7 Å². The van der Waals surface area contributed by atoms with Gasteiger partial charge in [-0.15, -0.1) is 0 Å². The maximum atomic E-state index is 12.1. The van der Waals surface area contributed by atoms with Gasteiger partial charge in [0.15, 0.2) is 0 Å². The van der Waals surface area contributed by atoms with Gasteiger partial charge in [0.2, 0.25) is 0 Å². The number of ether oxygens (including phenoxy) is 1. The van der Waals surface area contributed by atoms with Crippen LogP contribution in [0.2, 0.25) is 0 Å². The van der Waals surface area contributed by atoms with Crippen LogP contribution >= 0.6 is 0 Å². The van der Waals surface area contributed by atoms with Crippen LogP contribution in [0.5, 0.6) is 0 Å². The molecule has 3 heteroatoms. The SMILES string of the molecule is CC(C)c1cccc(CCC2(C3CCCC3)CC(=O)CC(=O)O2)c1. The van der Waals surface area contributed by atoms with E-state index in [0.29, 0.717) is 18.3 Å². The average molecular weight is 328 g/mol. The highest BCUT2D eigenvalue weighted by Gasteiger charge is 2.47. The summed E-state index contributed by atoms with van der Waals surface area (Å²) in [5.41, 5.74) is 2.04. The van der Waals surface area contributed by atoms with Crippen LogP contribution in [0.3, 0.4) is 0 Å². The number of Topliss-reactive ketones (excluding diaryl/α,β-unsaturated/α-hetero) is 1. The zero-order valence-corrected chi connectivity index (χ0v) is 14.8. The lowest BCUT2D eigenvalue weighted by Gasteiger charge is -2.41. The molecule has 1 heterocycles. The van der Waals surface area contributed by atoms with Gasteiger partial charge in [-0.3, -0.25) is 9.59 Å². The van der Waals surface area contributed by atoms with E-state index in [2.05, 4.69) is 38.1 Å². The molecule has 1 aromatic carbocycles. The first kappa shape index (κ1) is 17.2. The smallest absolute Gasteiger partial charge is 0.313 e. The molecule has 1 aromatic rings. The van der Waals surface area contributed by atoms with E-state index in [9.17, 15) is 9.59 Å². The van der Waals surface area contributed by atoms with Crippen molar-refractivity contribution >= 4 is 11.8 Å². The summed E-state index contributed by atoms with van der Waals surface area (Å²) < 4.78 is 5.87. The molecule has 2 fully saturated rings. The monoisotopic (exact) mass is 328 g/mol. The normalized spacial score (nSPS) is 25.3. The van der Waals surface area contributed by atoms with E-state index in [1.807, 2.05) is 0 Å². The number of cyclic esters (lactones) is 1. The fourth-order valence-electron chi connectivity index (χ4n) is 4.34. The molecule has 2 aliphatic rings. The summed E-state index contributed by atoms with van der Waals surface area (Å²) in [6, 6.07) is 8.65. The van der Waals surface area contributed by atoms with Crippen molar-refractivity contribution in [3.8, 4) is 0 Å². The number of carbonyl (C=O) groups excluding carboxylic acids is 2. The molecule has 1 atom stereocenters. The first-order chi connectivity index (χ1) is 11.5. The van der Waals surface area contributed by atoms with Crippen molar-refractivity contribution in [2.24, 2.45) is 5.92 Å². The molecule has 0 radical (unpaired) electrons. The highest BCUT2D eigenvalue weighted by atomic mass is 16.6. The first-order valence-corrected chi connectivity index (χ1v) is 9.31. The zero-order chi connectivity index (χ0) is 17.2. The van der Waals surface area contributed by atoms with Crippen LogP contribution in [-0.2, 0) is 20.7 Å². The quantitative estimate of drug-likeness (QED) is 0.587. The lowest BCUT2D eigenvalue weighted by molar-refractivity contribution is -0.178. The summed E-state index contributed by atoms with van der Waals surface area (Å²) in [7, 11) is 0. The number of carbonyl (C=O) groups is 2. The van der Waals surface area contributed by atoms with Gasteiger partial charge in [0.05, 0.1) is 0 Å². The second kappa shape index (κ2) is 7.08. The molecule has 0 spiro atoms. The molecule has 1 aliphatic heterocycles. The standard InChI is InChI=1S/C21H28O3/c1-15(2)17-7-5-6-16(12-17)10-11-21(18-8-3-4-9-18)14-19(22)13-20(23)24-21/h5-7,12,15,18H,3-4,8-11,13-14H2,1-2H3. The molecule has 3 rings (SSSR count). The Morgan fingerprint density at radius 3 is 2.62 bits per heavy atom. The van der Waals surface area contributed by atoms with Crippen LogP contribution < -0.4 is 0 Å². The Morgan fingerprint density at radius 2 is 1.96 bits per heavy atom. The molecule has 1 saturated carbocycles. The van der Waals surface area contributed by atoms with Gasteiger partial charge in [-0.1, -0.05) is 51.0 Å². The van der Waals surface area contributed by atoms with Crippen LogP contribution in [0.15, 0.2) is 24.3 Å². The molecule has 1 saturated heterocycles. The van der Waals surface area contributed by atoms with Crippen molar-refractivity contribution in [3.05, 3.63) is 35.4 Å². The highest BCUT2D eigenvalue weighted by Crippen LogP contribution is 2.43. The Bertz CT molecular complexity index is 595. The third-order valence-corrected chi connectivity index (χ3v) is 5.71. The van der Waals surface area contributed by atoms with Crippen LogP contribution in [0.1, 0.15) is 75.8 Å². The van der Waals surface area contributed by atoms with Gasteiger partial charge in [-0.05, 0) is 48.6 Å². The molecular weight excluding hydrogens is 300 g/mol. The number of aryl methyl sites for hydroxylation is 1. The van der Waals surface area contributed by atoms with Gasteiger partial charge < -0.3 is 4.74 Å². The van der Waals surface area contributed by atoms with Crippen molar-refractivity contribution in [2.45, 2.75) is 76.7 Å². The van der Waals surface area contributed by atoms with Gasteiger partial charge in [-0.25, -0.2) is 0 Å². The molecule has 0 aromatic heterocycles. The van der Waals surface area contributed by atoms with Crippen molar-refractivity contribution in [1.82, 2.24) is 0 Å². The lowest BCUT2D eigenvalue weighted by atomic mass is 9.76. The zero-order valence-electron chi connectivity index (χ0n) is 14.8. The Kier molecular flexibility index (Phi) is 5.07. The first-order valence-electron chi connectivity index (χ1n) is 9.31. The predicted molar refractivity (Wildman–Crippen MR) is 93.9 cm³/mol. The average Bonchev–Trinajstić information content (AvgIpc) is 3.07. The van der Waals surface area contributed by atoms with Crippen LogP contribution in [-0.4, -0.2) is 17.4 Å². The molecule has 1 unspecified atom stereocenters. The van der Waals surface area contributed by atoms with Gasteiger partial charge in [0.1, 0.15) is 17.8 Å². The summed E-state index contributed by atoms with van der Waals surface area (Å²) in [4.78, 5) is 24.1. The van der Waals surface area contributed by atoms with Crippen molar-refractivity contribution < 1.29 is 14.3 Å². The van der Waals surface area contributed by atoms with Gasteiger partial charge in [0, 0.05) is 6.42 Å². The van der Waals surface area contributed by atoms with E-state index >= 15 is 0 Å². The third kappa shape index (κ3) is 3.71. The maximum absolute atomic E-state index is 12.1. The second-order valence-electron chi connectivity index (χ2n) is 7.81. The Labute approximate surface area is 144 Å². The summed E-state index contributed by atoms with van der Waals surface area (Å²) in [5, 5.41) is 0. The number of rotatable bonds is 5. The van der Waals surface area contributed by atoms with Crippen LogP contribution in [0, 0.1) is 5.92 Å². The summed E-state index contributed by atoms with van der Waals surface area (Å²) in [6.45, 7) is 4.39. The minimum Gasteiger partial charge on any atom is -0.458 e. The van der Waals surface area contributed by atoms with Crippen LogP contribution in [0.25, 0.3) is 0 Å². The predicted octanol–water partition coefficient (Wildman–Crippen LogP) is 4.58. The summed E-state index contributed by atoms with van der Waals surface area (Å²) >= 11 is 0. The third-order valence-electron chi connectivity index (χ3n) is 5.71. The molecule has 24 heavy (non-hydrogen) atoms. The minimum atomic E-state index is -0.559. The maximum Gasteiger partial charge on any atom is 0.313 e. The fraction of sp³-hybridized carbons (Fsp3) is 0.619. The molecule has 0 bridgehead atoms. The van der Waals surface area contributed by atoms with Gasteiger partial charge in [-0.2, -0.15) is 0 Å². The Morgan fingerprint density at radius 1 is 1.21 bits per heavy atom. The number of ketones is 1. The number of esters is 1. The minimum absolute atomic E-state index is 0.0443. The second-order valence-corrected chi connectivity index (χ2v) is 7.81. The largest absolute Gasteiger partial charge is 0.458 e. The van der Waals surface area contributed by atoms with Gasteiger partial charge >= 0.3 is 5.97 Å². The Hall–Kier alpha value is -1.64. The van der Waals surface area contributed by atoms with Crippen LogP contribution in [0.4, 0.5) is 0 Å². The van der Waals surface area contributed by atoms with E-state index in [-0.39, 0.29) is 18.2 Å². The lowest BCUT2D eigenvalue weighted by Crippen LogP contribution is -2.48. The molecule has 3 nitrogen and oxygen atoms in total. The van der Waals surface area contributed by atoms with Crippen molar-refractivity contribution in [2.75, 3.05) is 0 Å². The molecular formula is C21H28O3. The van der Waals surface area contributed by atoms with E-state index in [4.69, 9.17) is 4.74 Å². The van der Waals surface area contributed by atoms with Gasteiger partial charge in [0.25, 0.3) is 0 Å². The number of hydrogen-bond acceptors (Lipinski definition) is 3. The molecule has 0 amide bonds. The highest BCUT2D eigenvalue weighted by molar-refractivity contribution is 5.98. The summed E-state index contributed by atoms with van der Waals surface area (Å²) in [5.74, 6) is 0.574. The topological polar surface area (TPSA) is 43.4 Å². The molecule has 1 aliphatic carbocycles. The number of benzene rings is 1. The fourth-order valence-corrected chi connectivity index (χ4v) is 4.34. The molecule has 130 valence electrons.